The second kappa shape index (κ2) is 5.03. The number of cyclic esters (lactones) is 2. The van der Waals surface area contributed by atoms with Gasteiger partial charge in [-0.15, -0.1) is 0 Å². The Balaban J connectivity index is 0.000000132. The van der Waals surface area contributed by atoms with Crippen LogP contribution in [0.1, 0.15) is 0 Å². The van der Waals surface area contributed by atoms with Gasteiger partial charge in [0.1, 0.15) is 19.0 Å². The minimum Gasteiger partial charge on any atom is -0.508 e. The van der Waals surface area contributed by atoms with E-state index in [2.05, 4.69) is 9.47 Å². The first-order valence-electron chi connectivity index (χ1n) is 3.82. The Morgan fingerprint density at radius 2 is 1.62 bits per heavy atom. The van der Waals surface area contributed by atoms with Gasteiger partial charge in [0.05, 0.1) is 0 Å². The Bertz CT molecular complexity index is 250. The number of hydrogen-bond acceptors (Lipinski definition) is 4. The first-order valence-corrected chi connectivity index (χ1v) is 3.82. The first kappa shape index (κ1) is 9.38. The lowest BCUT2D eigenvalue weighted by Crippen LogP contribution is -1.88. The molecule has 0 saturated carbocycles. The number of ether oxygens (including phenoxy) is 2. The maximum atomic E-state index is 9.80. The van der Waals surface area contributed by atoms with E-state index >= 15 is 0 Å². The molecule has 1 aromatic carbocycles. The predicted molar refractivity (Wildman–Crippen MR) is 45.4 cm³/mol. The number of phenolic OH excluding ortho intramolecular Hbond substituents is 1. The van der Waals surface area contributed by atoms with Crippen LogP contribution in [-0.4, -0.2) is 24.5 Å². The molecule has 1 fully saturated rings. The quantitative estimate of drug-likeness (QED) is 0.618. The third kappa shape index (κ3) is 4.00. The Morgan fingerprint density at radius 3 is 1.85 bits per heavy atom. The summed E-state index contributed by atoms with van der Waals surface area (Å²) in [6.07, 6.45) is -0.546. The van der Waals surface area contributed by atoms with Crippen LogP contribution in [0.15, 0.2) is 30.3 Å². The van der Waals surface area contributed by atoms with E-state index in [1.807, 2.05) is 6.07 Å². The minimum atomic E-state index is -0.546. The van der Waals surface area contributed by atoms with Crippen molar-refractivity contribution in [2.24, 2.45) is 0 Å². The molecule has 4 heteroatoms. The highest BCUT2D eigenvalue weighted by Gasteiger charge is 2.09. The predicted octanol–water partition coefficient (Wildman–Crippen LogP) is 1.55. The van der Waals surface area contributed by atoms with Crippen molar-refractivity contribution in [3.8, 4) is 5.75 Å². The fraction of sp³-hybridized carbons (Fsp3) is 0.222. The molecule has 1 aromatic rings. The summed E-state index contributed by atoms with van der Waals surface area (Å²) >= 11 is 0. The van der Waals surface area contributed by atoms with Gasteiger partial charge in [0, 0.05) is 0 Å². The monoisotopic (exact) mass is 182 g/mol. The zero-order valence-corrected chi connectivity index (χ0v) is 6.97. The van der Waals surface area contributed by atoms with Crippen molar-refractivity contribution < 1.29 is 19.4 Å². The molecule has 13 heavy (non-hydrogen) atoms. The number of carbonyl (C=O) groups excluding carboxylic acids is 1. The second-order valence-corrected chi connectivity index (χ2v) is 2.28. The molecule has 70 valence electrons. The SMILES string of the molecule is O=C1OCCO1.Oc1ccccc1. The van der Waals surface area contributed by atoms with E-state index in [0.717, 1.165) is 0 Å². The van der Waals surface area contributed by atoms with Gasteiger partial charge in [0.2, 0.25) is 0 Å². The van der Waals surface area contributed by atoms with Crippen LogP contribution in [0.5, 0.6) is 5.75 Å². The third-order valence-corrected chi connectivity index (χ3v) is 1.28. The maximum absolute atomic E-state index is 9.80. The third-order valence-electron chi connectivity index (χ3n) is 1.28. The van der Waals surface area contributed by atoms with E-state index in [0.29, 0.717) is 19.0 Å². The van der Waals surface area contributed by atoms with Crippen molar-refractivity contribution in [2.75, 3.05) is 13.2 Å². The molecule has 0 atom stereocenters. The fourth-order valence-electron chi connectivity index (χ4n) is 0.720. The van der Waals surface area contributed by atoms with Crippen LogP contribution in [-0.2, 0) is 9.47 Å². The normalized spacial score (nSPS) is 13.7. The molecule has 1 aliphatic heterocycles. The lowest BCUT2D eigenvalue weighted by molar-refractivity contribution is 0.131. The topological polar surface area (TPSA) is 55.8 Å². The molecule has 0 amide bonds. The summed E-state index contributed by atoms with van der Waals surface area (Å²) in [6.45, 7) is 0.831. The van der Waals surface area contributed by atoms with Crippen LogP contribution < -0.4 is 0 Å². The summed E-state index contributed by atoms with van der Waals surface area (Å²) in [6, 6.07) is 8.71. The van der Waals surface area contributed by atoms with Gasteiger partial charge in [-0.05, 0) is 12.1 Å². The van der Waals surface area contributed by atoms with E-state index in [1.54, 1.807) is 24.3 Å². The average Bonchev–Trinajstić information content (AvgIpc) is 2.58. The van der Waals surface area contributed by atoms with Gasteiger partial charge in [-0.1, -0.05) is 18.2 Å². The molecular weight excluding hydrogens is 172 g/mol. The molecular formula is C9H10O4. The van der Waals surface area contributed by atoms with Gasteiger partial charge in [-0.25, -0.2) is 4.79 Å². The summed E-state index contributed by atoms with van der Waals surface area (Å²) in [5, 5.41) is 8.63. The smallest absolute Gasteiger partial charge is 0.508 e. The van der Waals surface area contributed by atoms with E-state index in [1.165, 1.54) is 0 Å². The van der Waals surface area contributed by atoms with Gasteiger partial charge in [0.25, 0.3) is 0 Å². The number of benzene rings is 1. The molecule has 1 heterocycles. The molecule has 0 unspecified atom stereocenters. The van der Waals surface area contributed by atoms with Crippen molar-refractivity contribution in [1.82, 2.24) is 0 Å². The van der Waals surface area contributed by atoms with Crippen molar-refractivity contribution >= 4 is 6.16 Å². The Labute approximate surface area is 75.7 Å². The number of para-hydroxylation sites is 1. The molecule has 4 nitrogen and oxygen atoms in total. The summed E-state index contributed by atoms with van der Waals surface area (Å²) < 4.78 is 8.58. The van der Waals surface area contributed by atoms with Gasteiger partial charge in [-0.2, -0.15) is 0 Å². The Hall–Kier alpha value is -1.71. The van der Waals surface area contributed by atoms with Gasteiger partial charge < -0.3 is 14.6 Å². The fourth-order valence-corrected chi connectivity index (χ4v) is 0.720. The summed E-state index contributed by atoms with van der Waals surface area (Å²) in [4.78, 5) is 9.80. The Kier molecular flexibility index (Phi) is 3.63. The van der Waals surface area contributed by atoms with Gasteiger partial charge in [0.15, 0.2) is 0 Å². The Morgan fingerprint density at radius 1 is 1.08 bits per heavy atom. The molecule has 2 rings (SSSR count). The van der Waals surface area contributed by atoms with E-state index in [-0.39, 0.29) is 0 Å². The van der Waals surface area contributed by atoms with Crippen molar-refractivity contribution in [1.29, 1.82) is 0 Å². The largest absolute Gasteiger partial charge is 0.508 e. The van der Waals surface area contributed by atoms with Crippen molar-refractivity contribution in [3.05, 3.63) is 30.3 Å². The molecule has 0 aromatic heterocycles. The maximum Gasteiger partial charge on any atom is 0.508 e. The van der Waals surface area contributed by atoms with Crippen molar-refractivity contribution in [2.45, 2.75) is 0 Å². The van der Waals surface area contributed by atoms with Crippen molar-refractivity contribution in [3.63, 3.8) is 0 Å². The molecule has 1 N–H and O–H groups in total. The van der Waals surface area contributed by atoms with Crippen LogP contribution in [0.4, 0.5) is 4.79 Å². The molecule has 0 radical (unpaired) electrons. The molecule has 0 bridgehead atoms. The summed E-state index contributed by atoms with van der Waals surface area (Å²) in [7, 11) is 0. The average molecular weight is 182 g/mol. The number of phenols is 1. The molecule has 0 aliphatic carbocycles. The lowest BCUT2D eigenvalue weighted by Gasteiger charge is -1.82. The van der Waals surface area contributed by atoms with E-state index < -0.39 is 6.16 Å². The van der Waals surface area contributed by atoms with E-state index in [4.69, 9.17) is 5.11 Å². The zero-order valence-electron chi connectivity index (χ0n) is 6.97. The van der Waals surface area contributed by atoms with Crippen LogP contribution in [0.2, 0.25) is 0 Å². The highest BCUT2D eigenvalue weighted by molar-refractivity contribution is 5.61. The molecule has 0 spiro atoms. The highest BCUT2D eigenvalue weighted by Crippen LogP contribution is 2.02. The number of aromatic hydroxyl groups is 1. The zero-order chi connectivity index (χ0) is 9.52. The lowest BCUT2D eigenvalue weighted by atomic mass is 10.3. The highest BCUT2D eigenvalue weighted by atomic mass is 16.8. The first-order chi connectivity index (χ1) is 6.29. The second-order valence-electron chi connectivity index (χ2n) is 2.28. The molecule has 1 aliphatic rings. The minimum absolute atomic E-state index is 0.322. The van der Waals surface area contributed by atoms with Crippen LogP contribution >= 0.6 is 0 Å². The number of hydrogen-bond donors (Lipinski definition) is 1. The summed E-state index contributed by atoms with van der Waals surface area (Å²) in [5.74, 6) is 0.322. The standard InChI is InChI=1S/C6H6O.C3H4O3/c7-6-4-2-1-3-5-6;4-3-5-1-2-6-3/h1-5,7H;1-2H2. The van der Waals surface area contributed by atoms with Gasteiger partial charge >= 0.3 is 6.16 Å². The summed E-state index contributed by atoms with van der Waals surface area (Å²) in [5.41, 5.74) is 0. The van der Waals surface area contributed by atoms with Gasteiger partial charge in [-0.3, -0.25) is 0 Å². The van der Waals surface area contributed by atoms with Crippen LogP contribution in [0.3, 0.4) is 0 Å². The van der Waals surface area contributed by atoms with Crippen LogP contribution in [0, 0.1) is 0 Å². The number of rotatable bonds is 0. The van der Waals surface area contributed by atoms with E-state index in [9.17, 15) is 4.79 Å². The number of carbonyl (C=O) groups is 1. The molecule has 1 saturated heterocycles. The van der Waals surface area contributed by atoms with Crippen LogP contribution in [0.25, 0.3) is 0 Å².